The zero-order valence-corrected chi connectivity index (χ0v) is 8.23. The van der Waals surface area contributed by atoms with E-state index >= 15 is 0 Å². The molecule has 0 heterocycles. The maximum atomic E-state index is 11.6. The van der Waals surface area contributed by atoms with E-state index in [-0.39, 0.29) is 24.9 Å². The quantitative estimate of drug-likeness (QED) is 0.615. The van der Waals surface area contributed by atoms with Crippen molar-refractivity contribution in [1.29, 1.82) is 10.5 Å². The molecule has 76 valence electrons. The van der Waals surface area contributed by atoms with Crippen molar-refractivity contribution in [3.63, 3.8) is 0 Å². The van der Waals surface area contributed by atoms with Crippen molar-refractivity contribution in [3.8, 4) is 12.1 Å². The second kappa shape index (κ2) is 6.88. The summed E-state index contributed by atoms with van der Waals surface area (Å²) in [5.41, 5.74) is 5.31. The second-order valence-corrected chi connectivity index (χ2v) is 2.99. The van der Waals surface area contributed by atoms with E-state index in [0.29, 0.717) is 13.0 Å². The first-order valence-corrected chi connectivity index (χ1v) is 4.40. The molecule has 0 aromatic rings. The standard InChI is InChI=1S/C9H14N4O/c1-8(2-3-10)9(14)13(6-4-11)7-5-12/h8H,2-3,6-7,10H2,1H3. The van der Waals surface area contributed by atoms with Crippen molar-refractivity contribution in [1.82, 2.24) is 4.90 Å². The summed E-state index contributed by atoms with van der Waals surface area (Å²) in [6.07, 6.45) is 0.576. The highest BCUT2D eigenvalue weighted by atomic mass is 16.2. The monoisotopic (exact) mass is 194 g/mol. The molecule has 1 amide bonds. The van der Waals surface area contributed by atoms with Gasteiger partial charge in [0.25, 0.3) is 0 Å². The second-order valence-electron chi connectivity index (χ2n) is 2.99. The summed E-state index contributed by atoms with van der Waals surface area (Å²) in [5, 5.41) is 16.9. The van der Waals surface area contributed by atoms with Crippen LogP contribution in [0.15, 0.2) is 0 Å². The number of hydrogen-bond acceptors (Lipinski definition) is 4. The predicted octanol–water partition coefficient (Wildman–Crippen LogP) is -0.153. The normalized spacial score (nSPS) is 11.1. The van der Waals surface area contributed by atoms with Crippen molar-refractivity contribution in [2.24, 2.45) is 11.7 Å². The number of hydrogen-bond donors (Lipinski definition) is 1. The van der Waals surface area contributed by atoms with Crippen molar-refractivity contribution in [2.45, 2.75) is 13.3 Å². The maximum absolute atomic E-state index is 11.6. The van der Waals surface area contributed by atoms with Crippen LogP contribution in [0.25, 0.3) is 0 Å². The van der Waals surface area contributed by atoms with E-state index in [0.717, 1.165) is 0 Å². The van der Waals surface area contributed by atoms with E-state index in [1.807, 2.05) is 12.1 Å². The van der Waals surface area contributed by atoms with Crippen molar-refractivity contribution >= 4 is 5.91 Å². The van der Waals surface area contributed by atoms with Gasteiger partial charge in [0, 0.05) is 5.92 Å². The molecule has 0 aromatic heterocycles. The third kappa shape index (κ3) is 3.88. The first kappa shape index (κ1) is 12.4. The lowest BCUT2D eigenvalue weighted by Gasteiger charge is -2.19. The van der Waals surface area contributed by atoms with E-state index in [2.05, 4.69) is 0 Å². The summed E-state index contributed by atoms with van der Waals surface area (Å²) >= 11 is 0. The molecule has 5 heteroatoms. The fourth-order valence-electron chi connectivity index (χ4n) is 1.07. The third-order valence-corrected chi connectivity index (χ3v) is 1.86. The molecule has 1 atom stereocenters. The molecule has 0 radical (unpaired) electrons. The summed E-state index contributed by atoms with van der Waals surface area (Å²) in [7, 11) is 0. The predicted molar refractivity (Wildman–Crippen MR) is 50.6 cm³/mol. The molecule has 0 spiro atoms. The topological polar surface area (TPSA) is 93.9 Å². The van der Waals surface area contributed by atoms with Gasteiger partial charge in [-0.25, -0.2) is 0 Å². The minimum absolute atomic E-state index is 0.0404. The van der Waals surface area contributed by atoms with Crippen LogP contribution in [-0.4, -0.2) is 30.4 Å². The Morgan fingerprint density at radius 1 is 1.43 bits per heavy atom. The lowest BCUT2D eigenvalue weighted by molar-refractivity contribution is -0.133. The molecule has 0 saturated heterocycles. The van der Waals surface area contributed by atoms with Gasteiger partial charge in [0.2, 0.25) is 5.91 Å². The zero-order valence-electron chi connectivity index (χ0n) is 8.23. The molecule has 2 N–H and O–H groups in total. The molecule has 0 bridgehead atoms. The van der Waals surface area contributed by atoms with Crippen molar-refractivity contribution in [3.05, 3.63) is 0 Å². The molecule has 0 rings (SSSR count). The highest BCUT2D eigenvalue weighted by molar-refractivity contribution is 5.78. The van der Waals surface area contributed by atoms with Crippen LogP contribution in [-0.2, 0) is 4.79 Å². The van der Waals surface area contributed by atoms with Crippen molar-refractivity contribution < 1.29 is 4.79 Å². The van der Waals surface area contributed by atoms with E-state index in [1.165, 1.54) is 4.90 Å². The summed E-state index contributed by atoms with van der Waals surface area (Å²) in [6.45, 7) is 2.10. The Hall–Kier alpha value is -1.59. The van der Waals surface area contributed by atoms with E-state index in [1.54, 1.807) is 6.92 Å². The van der Waals surface area contributed by atoms with Crippen LogP contribution in [0.3, 0.4) is 0 Å². The minimum atomic E-state index is -0.221. The number of amides is 1. The van der Waals surface area contributed by atoms with Crippen LogP contribution in [0.5, 0.6) is 0 Å². The van der Waals surface area contributed by atoms with Gasteiger partial charge in [0.05, 0.1) is 12.1 Å². The number of carbonyl (C=O) groups is 1. The van der Waals surface area contributed by atoms with Crippen LogP contribution in [0.2, 0.25) is 0 Å². The van der Waals surface area contributed by atoms with Crippen LogP contribution in [0, 0.1) is 28.6 Å². The van der Waals surface area contributed by atoms with E-state index in [4.69, 9.17) is 16.3 Å². The van der Waals surface area contributed by atoms with Gasteiger partial charge in [-0.1, -0.05) is 6.92 Å². The Morgan fingerprint density at radius 2 is 1.93 bits per heavy atom. The van der Waals surface area contributed by atoms with E-state index in [9.17, 15) is 4.79 Å². The minimum Gasteiger partial charge on any atom is -0.330 e. The van der Waals surface area contributed by atoms with Gasteiger partial charge in [-0.2, -0.15) is 10.5 Å². The van der Waals surface area contributed by atoms with Crippen LogP contribution >= 0.6 is 0 Å². The van der Waals surface area contributed by atoms with Gasteiger partial charge in [0.1, 0.15) is 13.1 Å². The lowest BCUT2D eigenvalue weighted by Crippen LogP contribution is -2.36. The van der Waals surface area contributed by atoms with Gasteiger partial charge < -0.3 is 10.6 Å². The lowest BCUT2D eigenvalue weighted by atomic mass is 10.1. The Kier molecular flexibility index (Phi) is 6.09. The van der Waals surface area contributed by atoms with Gasteiger partial charge in [-0.3, -0.25) is 4.79 Å². The molecule has 0 fully saturated rings. The zero-order chi connectivity index (χ0) is 11.0. The highest BCUT2D eigenvalue weighted by Crippen LogP contribution is 2.05. The average Bonchev–Trinajstić information content (AvgIpc) is 2.17. The number of rotatable bonds is 5. The van der Waals surface area contributed by atoms with Crippen LogP contribution in [0.1, 0.15) is 13.3 Å². The van der Waals surface area contributed by atoms with Gasteiger partial charge in [0.15, 0.2) is 0 Å². The summed E-state index contributed by atoms with van der Waals surface area (Å²) < 4.78 is 0. The van der Waals surface area contributed by atoms with Crippen LogP contribution < -0.4 is 5.73 Å². The number of nitrogens with two attached hydrogens (primary N) is 1. The number of carbonyl (C=O) groups excluding carboxylic acids is 1. The number of nitriles is 2. The Morgan fingerprint density at radius 3 is 2.29 bits per heavy atom. The molecule has 0 aliphatic heterocycles. The molecule has 5 nitrogen and oxygen atoms in total. The van der Waals surface area contributed by atoms with Crippen molar-refractivity contribution in [2.75, 3.05) is 19.6 Å². The largest absolute Gasteiger partial charge is 0.330 e. The fourth-order valence-corrected chi connectivity index (χ4v) is 1.07. The van der Waals surface area contributed by atoms with Gasteiger partial charge in [-0.15, -0.1) is 0 Å². The third-order valence-electron chi connectivity index (χ3n) is 1.86. The van der Waals surface area contributed by atoms with E-state index < -0.39 is 0 Å². The fraction of sp³-hybridized carbons (Fsp3) is 0.667. The first-order valence-electron chi connectivity index (χ1n) is 4.40. The molecule has 1 unspecified atom stereocenters. The van der Waals surface area contributed by atoms with Crippen LogP contribution in [0.4, 0.5) is 0 Å². The molecule has 0 saturated carbocycles. The summed E-state index contributed by atoms with van der Waals surface area (Å²) in [5.74, 6) is -0.403. The smallest absolute Gasteiger partial charge is 0.227 e. The Labute approximate surface area is 83.7 Å². The van der Waals surface area contributed by atoms with Gasteiger partial charge >= 0.3 is 0 Å². The molecule has 0 aromatic carbocycles. The molecular weight excluding hydrogens is 180 g/mol. The number of nitrogens with zero attached hydrogens (tertiary/aromatic N) is 3. The van der Waals surface area contributed by atoms with Gasteiger partial charge in [-0.05, 0) is 13.0 Å². The summed E-state index contributed by atoms with van der Waals surface area (Å²) in [4.78, 5) is 12.8. The summed E-state index contributed by atoms with van der Waals surface area (Å²) in [6, 6.07) is 3.71. The first-order chi connectivity index (χ1) is 6.67. The molecule has 14 heavy (non-hydrogen) atoms. The molecular formula is C9H14N4O. The molecule has 0 aliphatic rings. The Bertz CT molecular complexity index is 247. The highest BCUT2D eigenvalue weighted by Gasteiger charge is 2.18. The maximum Gasteiger partial charge on any atom is 0.227 e. The Balaban J connectivity index is 4.29. The SMILES string of the molecule is CC(CCN)C(=O)N(CC#N)CC#N. The molecule has 0 aliphatic carbocycles. The average molecular weight is 194 g/mol.